The topological polar surface area (TPSA) is 30.0 Å². The summed E-state index contributed by atoms with van der Waals surface area (Å²) in [4.78, 5) is 15.1. The first-order chi connectivity index (χ1) is 6.72. The second-order valence-electron chi connectivity index (χ2n) is 3.26. The molecule has 14 heavy (non-hydrogen) atoms. The van der Waals surface area contributed by atoms with Crippen LogP contribution in [-0.4, -0.2) is 10.8 Å². The lowest BCUT2D eigenvalue weighted by atomic mass is 10.1. The molecule has 0 fully saturated rings. The number of carbonyl (C=O) groups excluding carboxylic acids is 1. The number of aromatic nitrogens is 1. The van der Waals surface area contributed by atoms with Crippen LogP contribution in [0.1, 0.15) is 31.7 Å². The van der Waals surface area contributed by atoms with E-state index in [1.54, 1.807) is 6.20 Å². The predicted octanol–water partition coefficient (Wildman–Crippen LogP) is 3.15. The molecule has 0 atom stereocenters. The van der Waals surface area contributed by atoms with Gasteiger partial charge in [0.1, 0.15) is 5.78 Å². The number of halogens is 1. The van der Waals surface area contributed by atoms with Gasteiger partial charge in [0.25, 0.3) is 0 Å². The van der Waals surface area contributed by atoms with E-state index >= 15 is 0 Å². The lowest BCUT2D eigenvalue weighted by Crippen LogP contribution is -1.96. The third-order valence-corrected chi connectivity index (χ3v) is 2.51. The van der Waals surface area contributed by atoms with Crippen LogP contribution in [0.15, 0.2) is 22.9 Å². The highest BCUT2D eigenvalue weighted by Gasteiger charge is 1.99. The molecular weight excluding hydrogens is 242 g/mol. The van der Waals surface area contributed by atoms with E-state index in [0.717, 1.165) is 17.3 Å². The van der Waals surface area contributed by atoms with Gasteiger partial charge in [-0.1, -0.05) is 6.92 Å². The highest BCUT2D eigenvalue weighted by atomic mass is 79.9. The number of aryl methyl sites for hydroxylation is 1. The molecule has 1 aromatic heterocycles. The van der Waals surface area contributed by atoms with E-state index in [1.165, 1.54) is 5.56 Å². The van der Waals surface area contributed by atoms with Crippen molar-refractivity contribution in [1.29, 1.82) is 0 Å². The normalized spacial score (nSPS) is 10.1. The molecule has 0 amide bonds. The SMILES string of the molecule is CCC(=O)CCCc1cncc(Br)c1. The fourth-order valence-electron chi connectivity index (χ4n) is 1.26. The molecule has 0 aliphatic heterocycles. The number of carbonyl (C=O) groups is 1. The molecule has 0 saturated carbocycles. The van der Waals surface area contributed by atoms with Crippen LogP contribution in [0, 0.1) is 0 Å². The van der Waals surface area contributed by atoms with Crippen molar-refractivity contribution in [2.45, 2.75) is 32.6 Å². The molecular formula is C11H14BrNO. The highest BCUT2D eigenvalue weighted by molar-refractivity contribution is 9.10. The molecule has 0 aliphatic carbocycles. The summed E-state index contributed by atoms with van der Waals surface area (Å²) in [5, 5.41) is 0. The summed E-state index contributed by atoms with van der Waals surface area (Å²) in [5.41, 5.74) is 1.18. The molecule has 0 saturated heterocycles. The van der Waals surface area contributed by atoms with Gasteiger partial charge in [0.15, 0.2) is 0 Å². The van der Waals surface area contributed by atoms with E-state index in [-0.39, 0.29) is 0 Å². The molecule has 1 rings (SSSR count). The minimum atomic E-state index is 0.341. The fraction of sp³-hybridized carbons (Fsp3) is 0.455. The average Bonchev–Trinajstić information content (AvgIpc) is 2.17. The summed E-state index contributed by atoms with van der Waals surface area (Å²) in [6.07, 6.45) is 6.80. The zero-order chi connectivity index (χ0) is 10.4. The minimum absolute atomic E-state index is 0.341. The Balaban J connectivity index is 2.35. The molecule has 2 nitrogen and oxygen atoms in total. The molecule has 1 heterocycles. The van der Waals surface area contributed by atoms with Crippen LogP contribution in [0.4, 0.5) is 0 Å². The first-order valence-corrected chi connectivity index (χ1v) is 5.62. The van der Waals surface area contributed by atoms with Crippen molar-refractivity contribution in [3.63, 3.8) is 0 Å². The van der Waals surface area contributed by atoms with Gasteiger partial charge < -0.3 is 0 Å². The molecule has 76 valence electrons. The molecule has 1 aromatic rings. The van der Waals surface area contributed by atoms with Crippen molar-refractivity contribution in [3.8, 4) is 0 Å². The van der Waals surface area contributed by atoms with Crippen LogP contribution >= 0.6 is 15.9 Å². The van der Waals surface area contributed by atoms with Gasteiger partial charge in [-0.25, -0.2) is 0 Å². The van der Waals surface area contributed by atoms with Crippen LogP contribution < -0.4 is 0 Å². The van der Waals surface area contributed by atoms with Crippen molar-refractivity contribution in [2.24, 2.45) is 0 Å². The lowest BCUT2D eigenvalue weighted by molar-refractivity contribution is -0.118. The van der Waals surface area contributed by atoms with E-state index < -0.39 is 0 Å². The zero-order valence-corrected chi connectivity index (χ0v) is 9.88. The summed E-state index contributed by atoms with van der Waals surface area (Å²) in [6, 6.07) is 2.05. The monoisotopic (exact) mass is 255 g/mol. The van der Waals surface area contributed by atoms with Crippen molar-refractivity contribution >= 4 is 21.7 Å². The van der Waals surface area contributed by atoms with Crippen LogP contribution in [0.3, 0.4) is 0 Å². The van der Waals surface area contributed by atoms with Gasteiger partial charge in [-0.2, -0.15) is 0 Å². The maximum absolute atomic E-state index is 11.0. The van der Waals surface area contributed by atoms with E-state index in [4.69, 9.17) is 0 Å². The van der Waals surface area contributed by atoms with Gasteiger partial charge in [0.05, 0.1) is 0 Å². The van der Waals surface area contributed by atoms with Crippen molar-refractivity contribution in [3.05, 3.63) is 28.5 Å². The summed E-state index contributed by atoms with van der Waals surface area (Å²) < 4.78 is 0.997. The number of rotatable bonds is 5. The summed E-state index contributed by atoms with van der Waals surface area (Å²) in [6.45, 7) is 1.91. The number of ketones is 1. The Kier molecular flexibility index (Phi) is 4.80. The molecule has 0 radical (unpaired) electrons. The smallest absolute Gasteiger partial charge is 0.132 e. The first kappa shape index (κ1) is 11.4. The van der Waals surface area contributed by atoms with Crippen LogP contribution in [0.25, 0.3) is 0 Å². The molecule has 3 heteroatoms. The first-order valence-electron chi connectivity index (χ1n) is 4.83. The minimum Gasteiger partial charge on any atom is -0.300 e. The van der Waals surface area contributed by atoms with E-state index in [2.05, 4.69) is 20.9 Å². The standard InChI is InChI=1S/C11H14BrNO/c1-2-11(14)5-3-4-9-6-10(12)8-13-7-9/h6-8H,2-5H2,1H3. The van der Waals surface area contributed by atoms with Gasteiger partial charge in [0.2, 0.25) is 0 Å². The zero-order valence-electron chi connectivity index (χ0n) is 8.29. The fourth-order valence-corrected chi connectivity index (χ4v) is 1.67. The van der Waals surface area contributed by atoms with Crippen molar-refractivity contribution in [1.82, 2.24) is 4.98 Å². The van der Waals surface area contributed by atoms with Gasteiger partial charge in [0, 0.05) is 29.7 Å². The number of pyridine rings is 1. The van der Waals surface area contributed by atoms with Crippen molar-refractivity contribution in [2.75, 3.05) is 0 Å². The average molecular weight is 256 g/mol. The maximum Gasteiger partial charge on any atom is 0.132 e. The van der Waals surface area contributed by atoms with Gasteiger partial charge in [-0.3, -0.25) is 9.78 Å². The lowest BCUT2D eigenvalue weighted by Gasteiger charge is -2.00. The van der Waals surface area contributed by atoms with Gasteiger partial charge in [-0.15, -0.1) is 0 Å². The Morgan fingerprint density at radius 2 is 2.29 bits per heavy atom. The van der Waals surface area contributed by atoms with Crippen LogP contribution in [0.5, 0.6) is 0 Å². The van der Waals surface area contributed by atoms with E-state index in [9.17, 15) is 4.79 Å². The Morgan fingerprint density at radius 1 is 1.50 bits per heavy atom. The Bertz CT molecular complexity index is 312. The van der Waals surface area contributed by atoms with Crippen LogP contribution in [0.2, 0.25) is 0 Å². The second-order valence-corrected chi connectivity index (χ2v) is 4.17. The quantitative estimate of drug-likeness (QED) is 0.810. The van der Waals surface area contributed by atoms with Gasteiger partial charge in [-0.05, 0) is 40.4 Å². The molecule has 0 spiro atoms. The third kappa shape index (κ3) is 4.01. The largest absolute Gasteiger partial charge is 0.300 e. The Morgan fingerprint density at radius 3 is 2.93 bits per heavy atom. The number of Topliss-reactive ketones (excluding diaryl/α,β-unsaturated/α-hetero) is 1. The molecule has 0 aliphatic rings. The van der Waals surface area contributed by atoms with E-state index in [0.29, 0.717) is 18.6 Å². The number of hydrogen-bond acceptors (Lipinski definition) is 2. The molecule has 0 bridgehead atoms. The Hall–Kier alpha value is -0.700. The summed E-state index contributed by atoms with van der Waals surface area (Å²) in [5.74, 6) is 0.341. The number of hydrogen-bond donors (Lipinski definition) is 0. The highest BCUT2D eigenvalue weighted by Crippen LogP contribution is 2.11. The van der Waals surface area contributed by atoms with E-state index in [1.807, 2.05) is 19.2 Å². The summed E-state index contributed by atoms with van der Waals surface area (Å²) >= 11 is 3.37. The molecule has 0 N–H and O–H groups in total. The number of nitrogens with zero attached hydrogens (tertiary/aromatic N) is 1. The predicted molar refractivity (Wildman–Crippen MR) is 60.2 cm³/mol. The Labute approximate surface area is 92.9 Å². The van der Waals surface area contributed by atoms with Crippen LogP contribution in [-0.2, 0) is 11.2 Å². The maximum atomic E-state index is 11.0. The summed E-state index contributed by atoms with van der Waals surface area (Å²) in [7, 11) is 0. The third-order valence-electron chi connectivity index (χ3n) is 2.08. The molecule has 0 aromatic carbocycles. The molecule has 0 unspecified atom stereocenters. The van der Waals surface area contributed by atoms with Gasteiger partial charge >= 0.3 is 0 Å². The second kappa shape index (κ2) is 5.91. The van der Waals surface area contributed by atoms with Crippen molar-refractivity contribution < 1.29 is 4.79 Å².